The predicted octanol–water partition coefficient (Wildman–Crippen LogP) is 4.39. The second kappa shape index (κ2) is 4.50. The number of hydrogen-bond acceptors (Lipinski definition) is 2. The number of carbonyl (C=O) groups excluding carboxylic acids is 1. The Bertz CT molecular complexity index is 417. The van der Waals surface area contributed by atoms with Gasteiger partial charge in [-0.3, -0.25) is 4.79 Å². The molecule has 0 amide bonds. The van der Waals surface area contributed by atoms with Gasteiger partial charge in [0.25, 0.3) is 0 Å². The Labute approximate surface area is 98.8 Å². The Morgan fingerprint density at radius 1 is 1.47 bits per heavy atom. The Balaban J connectivity index is 2.28. The molecule has 0 spiro atoms. The van der Waals surface area contributed by atoms with Crippen molar-refractivity contribution < 1.29 is 4.79 Å². The molecule has 15 heavy (non-hydrogen) atoms. The minimum atomic E-state index is 0.137. The first-order valence-electron chi connectivity index (χ1n) is 5.17. The van der Waals surface area contributed by atoms with Gasteiger partial charge < -0.3 is 0 Å². The molecule has 0 N–H and O–H groups in total. The number of Topliss-reactive ketones (excluding diaryl/α,β-unsaturated/α-hetero) is 1. The molecule has 0 saturated carbocycles. The largest absolute Gasteiger partial charge is 0.288 e. The number of rotatable bonds is 2. The third-order valence-electron chi connectivity index (χ3n) is 2.69. The minimum Gasteiger partial charge on any atom is -0.288 e. The van der Waals surface area contributed by atoms with Crippen LogP contribution in [-0.2, 0) is 0 Å². The third-order valence-corrected chi connectivity index (χ3v) is 4.38. The molecule has 0 saturated heterocycles. The summed E-state index contributed by atoms with van der Waals surface area (Å²) >= 11 is 7.54. The predicted molar refractivity (Wildman–Crippen MR) is 64.9 cm³/mol. The third kappa shape index (κ3) is 2.16. The van der Waals surface area contributed by atoms with Crippen LogP contribution >= 0.6 is 22.9 Å². The quantitative estimate of drug-likeness (QED) is 0.701. The zero-order valence-electron chi connectivity index (χ0n) is 8.68. The van der Waals surface area contributed by atoms with Crippen molar-refractivity contribution in [3.8, 4) is 0 Å². The number of carbonyl (C=O) groups is 1. The molecule has 0 atom stereocenters. The molecule has 0 radical (unpaired) electrons. The first kappa shape index (κ1) is 10.9. The summed E-state index contributed by atoms with van der Waals surface area (Å²) in [5, 5.41) is 2.58. The van der Waals surface area contributed by atoms with E-state index in [1.54, 1.807) is 0 Å². The maximum absolute atomic E-state index is 12.1. The average molecular weight is 241 g/mol. The molecule has 0 aliphatic heterocycles. The van der Waals surface area contributed by atoms with Gasteiger partial charge in [-0.1, -0.05) is 17.7 Å². The van der Waals surface area contributed by atoms with E-state index in [1.165, 1.54) is 17.8 Å². The van der Waals surface area contributed by atoms with E-state index in [-0.39, 0.29) is 5.78 Å². The monoisotopic (exact) mass is 240 g/mol. The lowest BCUT2D eigenvalue weighted by Crippen LogP contribution is -2.05. The van der Waals surface area contributed by atoms with Crippen LogP contribution in [0.1, 0.15) is 40.9 Å². The lowest BCUT2D eigenvalue weighted by molar-refractivity contribution is 0.103. The molecule has 1 aliphatic carbocycles. The molecule has 3 heteroatoms. The van der Waals surface area contributed by atoms with Gasteiger partial charge in [0, 0.05) is 0 Å². The highest BCUT2D eigenvalue weighted by Crippen LogP contribution is 2.31. The number of halogens is 1. The summed E-state index contributed by atoms with van der Waals surface area (Å²) in [6.07, 6.45) is 6.33. The fraction of sp³-hybridized carbons (Fsp3) is 0.417. The number of hydrogen-bond donors (Lipinski definition) is 0. The summed E-state index contributed by atoms with van der Waals surface area (Å²) in [6, 6.07) is 0. The summed E-state index contributed by atoms with van der Waals surface area (Å²) in [5.74, 6) is 0.137. The van der Waals surface area contributed by atoms with E-state index >= 15 is 0 Å². The molecule has 0 bridgehead atoms. The lowest BCUT2D eigenvalue weighted by Gasteiger charge is -2.10. The van der Waals surface area contributed by atoms with Crippen molar-refractivity contribution >= 4 is 28.7 Å². The Kier molecular flexibility index (Phi) is 3.27. The maximum Gasteiger partial charge on any atom is 0.200 e. The van der Waals surface area contributed by atoms with Crippen LogP contribution < -0.4 is 0 Å². The van der Waals surface area contributed by atoms with Gasteiger partial charge in [-0.2, -0.15) is 0 Å². The second-order valence-electron chi connectivity index (χ2n) is 3.87. The smallest absolute Gasteiger partial charge is 0.200 e. The van der Waals surface area contributed by atoms with E-state index in [1.807, 2.05) is 12.3 Å². The molecule has 0 fully saturated rings. The highest BCUT2D eigenvalue weighted by molar-refractivity contribution is 7.13. The number of ketones is 1. The van der Waals surface area contributed by atoms with Crippen LogP contribution in [0.25, 0.3) is 0 Å². The Morgan fingerprint density at radius 2 is 2.27 bits per heavy atom. The highest BCUT2D eigenvalue weighted by Gasteiger charge is 2.19. The van der Waals surface area contributed by atoms with Gasteiger partial charge >= 0.3 is 0 Å². The van der Waals surface area contributed by atoms with Gasteiger partial charge in [-0.25, -0.2) is 0 Å². The molecule has 1 aliphatic rings. The zero-order chi connectivity index (χ0) is 10.8. The van der Waals surface area contributed by atoms with Gasteiger partial charge in [0.2, 0.25) is 0 Å². The topological polar surface area (TPSA) is 17.1 Å². The summed E-state index contributed by atoms with van der Waals surface area (Å²) in [5.41, 5.74) is 1.95. The first-order valence-corrected chi connectivity index (χ1v) is 6.43. The van der Waals surface area contributed by atoms with Crippen molar-refractivity contribution in [2.45, 2.75) is 32.6 Å². The first-order chi connectivity index (χ1) is 7.20. The van der Waals surface area contributed by atoms with Crippen LogP contribution in [0.4, 0.5) is 0 Å². The zero-order valence-corrected chi connectivity index (χ0v) is 10.3. The maximum atomic E-state index is 12.1. The number of allylic oxidation sites excluding steroid dienone is 2. The molecular weight excluding hydrogens is 228 g/mol. The highest BCUT2D eigenvalue weighted by atomic mass is 35.5. The minimum absolute atomic E-state index is 0.137. The number of thiophene rings is 1. The van der Waals surface area contributed by atoms with Crippen molar-refractivity contribution in [1.82, 2.24) is 0 Å². The van der Waals surface area contributed by atoms with Crippen LogP contribution in [0.2, 0.25) is 5.02 Å². The van der Waals surface area contributed by atoms with Crippen LogP contribution in [0, 0.1) is 6.92 Å². The van der Waals surface area contributed by atoms with Crippen molar-refractivity contribution in [3.63, 3.8) is 0 Å². The molecule has 1 heterocycles. The molecule has 1 aromatic rings. The summed E-state index contributed by atoms with van der Waals surface area (Å²) < 4.78 is 0. The van der Waals surface area contributed by atoms with E-state index in [4.69, 9.17) is 11.6 Å². The van der Waals surface area contributed by atoms with Crippen LogP contribution in [-0.4, -0.2) is 5.78 Å². The van der Waals surface area contributed by atoms with Crippen molar-refractivity contribution in [1.29, 1.82) is 0 Å². The molecule has 0 unspecified atom stereocenters. The lowest BCUT2D eigenvalue weighted by atomic mass is 9.96. The SMILES string of the molecule is Cc1csc(C(=O)C2=CCCCC2)c1Cl. The number of aryl methyl sites for hydroxylation is 1. The van der Waals surface area contributed by atoms with Gasteiger partial charge in [-0.05, 0) is 49.1 Å². The van der Waals surface area contributed by atoms with Gasteiger partial charge in [0.05, 0.1) is 9.90 Å². The van der Waals surface area contributed by atoms with Gasteiger partial charge in [0.15, 0.2) is 5.78 Å². The average Bonchev–Trinajstić information content (AvgIpc) is 2.60. The fourth-order valence-electron chi connectivity index (χ4n) is 1.77. The van der Waals surface area contributed by atoms with Crippen molar-refractivity contribution in [2.24, 2.45) is 0 Å². The molecule has 80 valence electrons. The summed E-state index contributed by atoms with van der Waals surface area (Å²) in [6.45, 7) is 1.94. The van der Waals surface area contributed by atoms with E-state index in [2.05, 4.69) is 6.08 Å². The van der Waals surface area contributed by atoms with Crippen LogP contribution in [0.5, 0.6) is 0 Å². The fourth-order valence-corrected chi connectivity index (χ4v) is 3.03. The van der Waals surface area contributed by atoms with Crippen molar-refractivity contribution in [2.75, 3.05) is 0 Å². The molecule has 1 aromatic heterocycles. The molecule has 2 rings (SSSR count). The van der Waals surface area contributed by atoms with E-state index in [0.29, 0.717) is 9.90 Å². The van der Waals surface area contributed by atoms with E-state index in [0.717, 1.165) is 30.4 Å². The van der Waals surface area contributed by atoms with Gasteiger partial charge in [-0.15, -0.1) is 11.3 Å². The second-order valence-corrected chi connectivity index (χ2v) is 5.12. The van der Waals surface area contributed by atoms with Gasteiger partial charge in [0.1, 0.15) is 0 Å². The van der Waals surface area contributed by atoms with Crippen LogP contribution in [0.3, 0.4) is 0 Å². The summed E-state index contributed by atoms with van der Waals surface area (Å²) in [4.78, 5) is 12.8. The normalized spacial score (nSPS) is 16.3. The molecule has 0 aromatic carbocycles. The van der Waals surface area contributed by atoms with E-state index < -0.39 is 0 Å². The molecular formula is C12H13ClOS. The van der Waals surface area contributed by atoms with Crippen molar-refractivity contribution in [3.05, 3.63) is 32.5 Å². The standard InChI is InChI=1S/C12H13ClOS/c1-8-7-15-12(10(8)13)11(14)9-5-3-2-4-6-9/h5,7H,2-4,6H2,1H3. The Hall–Kier alpha value is -0.600. The summed E-state index contributed by atoms with van der Waals surface area (Å²) in [7, 11) is 0. The van der Waals surface area contributed by atoms with Crippen LogP contribution in [0.15, 0.2) is 17.0 Å². The Morgan fingerprint density at radius 3 is 2.80 bits per heavy atom. The van der Waals surface area contributed by atoms with E-state index in [9.17, 15) is 4.79 Å². The molecule has 1 nitrogen and oxygen atoms in total.